The fraction of sp³-hybridized carbons (Fsp3) is 0.263. The average Bonchev–Trinajstić information content (AvgIpc) is 3.15. The molecule has 0 aliphatic rings. The molecule has 7 heteroatoms. The number of hydrogen-bond donors (Lipinski definition) is 1. The van der Waals surface area contributed by atoms with Crippen molar-refractivity contribution in [1.82, 2.24) is 14.5 Å². The van der Waals surface area contributed by atoms with Gasteiger partial charge in [0.2, 0.25) is 5.91 Å². The second-order valence-corrected chi connectivity index (χ2v) is 6.26. The zero-order valence-electron chi connectivity index (χ0n) is 14.8. The van der Waals surface area contributed by atoms with Gasteiger partial charge >= 0.3 is 5.97 Å². The first-order valence-electron chi connectivity index (χ1n) is 8.25. The van der Waals surface area contributed by atoms with Crippen molar-refractivity contribution >= 4 is 22.9 Å². The monoisotopic (exact) mass is 357 g/mol. The highest BCUT2D eigenvalue weighted by Crippen LogP contribution is 2.25. The van der Waals surface area contributed by atoms with Crippen LogP contribution >= 0.6 is 0 Å². The molecule has 26 heavy (non-hydrogen) atoms. The van der Waals surface area contributed by atoms with E-state index in [1.807, 2.05) is 30.7 Å². The first-order valence-corrected chi connectivity index (χ1v) is 8.25. The number of methoxy groups -OCH3 is 1. The molecule has 1 amide bonds. The molecule has 3 aromatic rings. The van der Waals surface area contributed by atoms with Gasteiger partial charge in [-0.25, -0.2) is 9.18 Å². The predicted octanol–water partition coefficient (Wildman–Crippen LogP) is 2.88. The van der Waals surface area contributed by atoms with Crippen LogP contribution in [-0.4, -0.2) is 34.2 Å². The summed E-state index contributed by atoms with van der Waals surface area (Å²) < 4.78 is 21.5. The van der Waals surface area contributed by atoms with E-state index in [-0.39, 0.29) is 30.0 Å². The fourth-order valence-corrected chi connectivity index (χ4v) is 2.93. The molecule has 0 spiro atoms. The van der Waals surface area contributed by atoms with E-state index in [2.05, 4.69) is 5.32 Å². The standard InChI is InChI=1S/C19H20FN3O3/c1-12(2)21-18(24)11-23-15-8-9-22(14-6-4-13(20)5-7-14)16(15)10-17(23)19(25)26-3/h4-10,12H,11H2,1-3H3,(H,21,24). The van der Waals surface area contributed by atoms with E-state index in [1.54, 1.807) is 22.8 Å². The molecule has 0 fully saturated rings. The van der Waals surface area contributed by atoms with Crippen LogP contribution in [0.5, 0.6) is 0 Å². The first-order chi connectivity index (χ1) is 12.4. The fourth-order valence-electron chi connectivity index (χ4n) is 2.93. The molecule has 2 aromatic heterocycles. The maximum absolute atomic E-state index is 13.2. The summed E-state index contributed by atoms with van der Waals surface area (Å²) in [5, 5.41) is 2.81. The van der Waals surface area contributed by atoms with Gasteiger partial charge < -0.3 is 19.2 Å². The summed E-state index contributed by atoms with van der Waals surface area (Å²) in [5.74, 6) is -1.04. The topological polar surface area (TPSA) is 65.3 Å². The number of esters is 1. The Labute approximate surface area is 150 Å². The highest BCUT2D eigenvalue weighted by Gasteiger charge is 2.20. The summed E-state index contributed by atoms with van der Waals surface area (Å²) in [6, 6.07) is 9.52. The number of carbonyl (C=O) groups is 2. The number of aromatic nitrogens is 2. The molecule has 6 nitrogen and oxygen atoms in total. The largest absolute Gasteiger partial charge is 0.464 e. The van der Waals surface area contributed by atoms with Crippen molar-refractivity contribution in [2.45, 2.75) is 26.4 Å². The quantitative estimate of drug-likeness (QED) is 0.714. The average molecular weight is 357 g/mol. The Bertz CT molecular complexity index is 954. The smallest absolute Gasteiger partial charge is 0.354 e. The molecule has 1 aromatic carbocycles. The summed E-state index contributed by atoms with van der Waals surface area (Å²) in [6.07, 6.45) is 1.82. The van der Waals surface area contributed by atoms with Gasteiger partial charge in [-0.2, -0.15) is 0 Å². The third kappa shape index (κ3) is 3.33. The molecule has 3 rings (SSSR count). The number of amides is 1. The molecule has 2 heterocycles. The maximum Gasteiger partial charge on any atom is 0.354 e. The zero-order chi connectivity index (χ0) is 18.8. The summed E-state index contributed by atoms with van der Waals surface area (Å²) >= 11 is 0. The molecule has 0 radical (unpaired) electrons. The van der Waals surface area contributed by atoms with Gasteiger partial charge in [0.15, 0.2) is 0 Å². The lowest BCUT2D eigenvalue weighted by Crippen LogP contribution is -2.33. The van der Waals surface area contributed by atoms with Gasteiger partial charge in [-0.05, 0) is 50.2 Å². The number of carbonyl (C=O) groups excluding carboxylic acids is 2. The Hall–Kier alpha value is -3.09. The highest BCUT2D eigenvalue weighted by molar-refractivity contribution is 5.96. The zero-order valence-corrected chi connectivity index (χ0v) is 14.8. The SMILES string of the molecule is COC(=O)c1cc2c(ccn2-c2ccc(F)cc2)n1CC(=O)NC(C)C. The van der Waals surface area contributed by atoms with E-state index in [4.69, 9.17) is 4.74 Å². The molecular weight excluding hydrogens is 337 g/mol. The van der Waals surface area contributed by atoms with Gasteiger partial charge in [0.1, 0.15) is 18.1 Å². The number of nitrogens with zero attached hydrogens (tertiary/aromatic N) is 2. The number of benzene rings is 1. The summed E-state index contributed by atoms with van der Waals surface area (Å²) in [4.78, 5) is 24.4. The normalized spacial score (nSPS) is 11.1. The van der Waals surface area contributed by atoms with Crippen molar-refractivity contribution in [2.24, 2.45) is 0 Å². The van der Waals surface area contributed by atoms with Crippen LogP contribution in [0, 0.1) is 5.82 Å². The van der Waals surface area contributed by atoms with Crippen LogP contribution in [0.3, 0.4) is 0 Å². The van der Waals surface area contributed by atoms with E-state index in [0.29, 0.717) is 5.52 Å². The number of ether oxygens (including phenoxy) is 1. The van der Waals surface area contributed by atoms with Crippen LogP contribution in [0.25, 0.3) is 16.7 Å². The first kappa shape index (κ1) is 17.7. The number of nitrogens with one attached hydrogen (secondary N) is 1. The minimum absolute atomic E-state index is 0.000452. The van der Waals surface area contributed by atoms with E-state index < -0.39 is 5.97 Å². The Morgan fingerprint density at radius 1 is 1.15 bits per heavy atom. The predicted molar refractivity (Wildman–Crippen MR) is 95.8 cm³/mol. The molecule has 0 saturated heterocycles. The maximum atomic E-state index is 13.2. The highest BCUT2D eigenvalue weighted by atomic mass is 19.1. The number of hydrogen-bond acceptors (Lipinski definition) is 3. The van der Waals surface area contributed by atoms with Crippen molar-refractivity contribution in [3.63, 3.8) is 0 Å². The minimum Gasteiger partial charge on any atom is -0.464 e. The molecule has 0 atom stereocenters. The van der Waals surface area contributed by atoms with Crippen molar-refractivity contribution < 1.29 is 18.7 Å². The summed E-state index contributed by atoms with van der Waals surface area (Å²) in [6.45, 7) is 3.74. The van der Waals surface area contributed by atoms with Gasteiger partial charge in [0, 0.05) is 17.9 Å². The molecular formula is C19H20FN3O3. The molecule has 0 aliphatic carbocycles. The molecule has 0 unspecified atom stereocenters. The van der Waals surface area contributed by atoms with Crippen LogP contribution in [-0.2, 0) is 16.1 Å². The molecule has 0 bridgehead atoms. The Kier molecular flexibility index (Phi) is 4.79. The van der Waals surface area contributed by atoms with Crippen molar-refractivity contribution in [1.29, 1.82) is 0 Å². The molecule has 1 N–H and O–H groups in total. The van der Waals surface area contributed by atoms with E-state index in [9.17, 15) is 14.0 Å². The van der Waals surface area contributed by atoms with Gasteiger partial charge in [0.05, 0.1) is 18.1 Å². The Morgan fingerprint density at radius 3 is 2.46 bits per heavy atom. The number of rotatable bonds is 5. The van der Waals surface area contributed by atoms with Crippen LogP contribution in [0.15, 0.2) is 42.6 Å². The Morgan fingerprint density at radius 2 is 1.85 bits per heavy atom. The lowest BCUT2D eigenvalue weighted by atomic mass is 10.3. The second-order valence-electron chi connectivity index (χ2n) is 6.26. The van der Waals surface area contributed by atoms with Gasteiger partial charge in [-0.3, -0.25) is 4.79 Å². The summed E-state index contributed by atoms with van der Waals surface area (Å²) in [7, 11) is 1.30. The van der Waals surface area contributed by atoms with Crippen LogP contribution in [0.2, 0.25) is 0 Å². The third-order valence-corrected chi connectivity index (χ3v) is 4.01. The van der Waals surface area contributed by atoms with Crippen molar-refractivity contribution in [2.75, 3.05) is 7.11 Å². The third-order valence-electron chi connectivity index (χ3n) is 4.01. The second kappa shape index (κ2) is 7.03. The van der Waals surface area contributed by atoms with Gasteiger partial charge in [-0.1, -0.05) is 0 Å². The van der Waals surface area contributed by atoms with Gasteiger partial charge in [-0.15, -0.1) is 0 Å². The minimum atomic E-state index is -0.524. The molecule has 136 valence electrons. The van der Waals surface area contributed by atoms with Gasteiger partial charge in [0.25, 0.3) is 0 Å². The van der Waals surface area contributed by atoms with E-state index in [1.165, 1.54) is 19.2 Å². The summed E-state index contributed by atoms with van der Waals surface area (Å²) in [5.41, 5.74) is 2.48. The Balaban J connectivity index is 2.09. The number of fused-ring (bicyclic) bond motifs is 1. The lowest BCUT2D eigenvalue weighted by molar-refractivity contribution is -0.122. The lowest BCUT2D eigenvalue weighted by Gasteiger charge is -2.11. The molecule has 0 aliphatic heterocycles. The van der Waals surface area contributed by atoms with Crippen LogP contribution in [0.1, 0.15) is 24.3 Å². The van der Waals surface area contributed by atoms with E-state index >= 15 is 0 Å². The van der Waals surface area contributed by atoms with Crippen molar-refractivity contribution in [3.8, 4) is 5.69 Å². The van der Waals surface area contributed by atoms with Crippen LogP contribution < -0.4 is 5.32 Å². The van der Waals surface area contributed by atoms with Crippen molar-refractivity contribution in [3.05, 3.63) is 54.1 Å². The van der Waals surface area contributed by atoms with Crippen LogP contribution in [0.4, 0.5) is 4.39 Å². The molecule has 0 saturated carbocycles. The number of halogens is 1. The van der Waals surface area contributed by atoms with E-state index in [0.717, 1.165) is 11.2 Å².